The van der Waals surface area contributed by atoms with Crippen LogP contribution in [0.3, 0.4) is 0 Å². The molecule has 0 radical (unpaired) electrons. The van der Waals surface area contributed by atoms with Gasteiger partial charge in [0.1, 0.15) is 5.54 Å². The zero-order chi connectivity index (χ0) is 19.3. The number of urea groups is 1. The Bertz CT molecular complexity index is 833. The van der Waals surface area contributed by atoms with Crippen LogP contribution in [0.1, 0.15) is 18.9 Å². The van der Waals surface area contributed by atoms with Crippen molar-refractivity contribution in [3.05, 3.63) is 54.4 Å². The number of carbonyl (C=O) groups is 3. The number of aryl methyl sites for hydroxylation is 1. The van der Waals surface area contributed by atoms with Crippen LogP contribution in [0.25, 0.3) is 0 Å². The maximum atomic E-state index is 12.7. The van der Waals surface area contributed by atoms with Crippen molar-refractivity contribution in [2.24, 2.45) is 0 Å². The number of hydrogen-bond acceptors (Lipinski definition) is 6. The molecule has 2 heterocycles. The fraction of sp³-hybridized carbons (Fsp3) is 0.278. The Morgan fingerprint density at radius 1 is 1.19 bits per heavy atom. The predicted octanol–water partition coefficient (Wildman–Crippen LogP) is 1.54. The number of aromatic nitrogens is 2. The molecule has 1 aliphatic heterocycles. The van der Waals surface area contributed by atoms with Crippen molar-refractivity contribution in [2.75, 3.05) is 5.75 Å². The van der Waals surface area contributed by atoms with Gasteiger partial charge in [0.25, 0.3) is 5.91 Å². The van der Waals surface area contributed by atoms with Crippen molar-refractivity contribution in [1.29, 1.82) is 0 Å². The number of hydrazine groups is 1. The highest BCUT2D eigenvalue weighted by atomic mass is 32.2. The number of thioether (sulfide) groups is 1. The number of hydrogen-bond donors (Lipinski definition) is 2. The first-order valence-corrected chi connectivity index (χ1v) is 9.36. The molecule has 3 rings (SSSR count). The molecule has 140 valence electrons. The van der Waals surface area contributed by atoms with E-state index in [-0.39, 0.29) is 5.75 Å². The molecule has 0 bridgehead atoms. The highest BCUT2D eigenvalue weighted by Gasteiger charge is 2.48. The molecule has 1 aromatic heterocycles. The van der Waals surface area contributed by atoms with E-state index in [0.29, 0.717) is 18.0 Å². The quantitative estimate of drug-likeness (QED) is 0.426. The van der Waals surface area contributed by atoms with E-state index in [0.717, 1.165) is 22.3 Å². The van der Waals surface area contributed by atoms with E-state index >= 15 is 0 Å². The maximum Gasteiger partial charge on any atom is 0.344 e. The van der Waals surface area contributed by atoms with Crippen LogP contribution in [0.4, 0.5) is 4.79 Å². The van der Waals surface area contributed by atoms with Gasteiger partial charge in [-0.25, -0.2) is 14.8 Å². The van der Waals surface area contributed by atoms with E-state index in [2.05, 4.69) is 20.7 Å². The Labute approximate surface area is 160 Å². The number of nitrogens with one attached hydrogen (secondary N) is 2. The van der Waals surface area contributed by atoms with Gasteiger partial charge in [-0.05, 0) is 31.4 Å². The Balaban J connectivity index is 1.55. The third kappa shape index (κ3) is 4.62. The summed E-state index contributed by atoms with van der Waals surface area (Å²) in [6, 6.07) is 10.7. The Kier molecular flexibility index (Phi) is 5.70. The summed E-state index contributed by atoms with van der Waals surface area (Å²) in [6.07, 6.45) is 4.21. The second-order valence-corrected chi connectivity index (χ2v) is 7.19. The van der Waals surface area contributed by atoms with Crippen LogP contribution < -0.4 is 10.7 Å². The fourth-order valence-corrected chi connectivity index (χ4v) is 3.24. The van der Waals surface area contributed by atoms with Gasteiger partial charge in [-0.2, -0.15) is 5.01 Å². The Hall–Kier alpha value is -2.94. The lowest BCUT2D eigenvalue weighted by Crippen LogP contribution is -2.49. The Morgan fingerprint density at radius 2 is 1.89 bits per heavy atom. The second kappa shape index (κ2) is 8.17. The maximum absolute atomic E-state index is 12.7. The molecular weight excluding hydrogens is 366 g/mol. The zero-order valence-corrected chi connectivity index (χ0v) is 15.5. The average Bonchev–Trinajstić information content (AvgIpc) is 2.90. The first-order valence-electron chi connectivity index (χ1n) is 8.38. The van der Waals surface area contributed by atoms with Gasteiger partial charge < -0.3 is 5.32 Å². The minimum Gasteiger partial charge on any atom is -0.322 e. The van der Waals surface area contributed by atoms with E-state index in [9.17, 15) is 14.4 Å². The number of carbonyl (C=O) groups excluding carboxylic acids is 3. The van der Waals surface area contributed by atoms with Gasteiger partial charge in [-0.1, -0.05) is 42.1 Å². The number of amides is 4. The summed E-state index contributed by atoms with van der Waals surface area (Å²) in [5.41, 5.74) is 2.37. The van der Waals surface area contributed by atoms with Crippen molar-refractivity contribution in [1.82, 2.24) is 25.7 Å². The number of nitrogens with zero attached hydrogens (tertiary/aromatic N) is 3. The van der Waals surface area contributed by atoms with Gasteiger partial charge in [-0.15, -0.1) is 0 Å². The summed E-state index contributed by atoms with van der Waals surface area (Å²) in [7, 11) is 0. The SMILES string of the molecule is C[C@@]1(CCc2ccccc2)NC(=O)N(NC(=O)CSc2ncccn2)C1=O. The molecule has 0 unspecified atom stereocenters. The van der Waals surface area contributed by atoms with E-state index in [1.54, 1.807) is 25.4 Å². The first-order chi connectivity index (χ1) is 13.0. The van der Waals surface area contributed by atoms with Gasteiger partial charge in [0, 0.05) is 12.4 Å². The predicted molar refractivity (Wildman–Crippen MR) is 99.4 cm³/mol. The number of imide groups is 1. The molecule has 8 nitrogen and oxygen atoms in total. The summed E-state index contributed by atoms with van der Waals surface area (Å²) in [5, 5.41) is 3.86. The lowest BCUT2D eigenvalue weighted by atomic mass is 9.93. The Morgan fingerprint density at radius 3 is 2.59 bits per heavy atom. The molecule has 27 heavy (non-hydrogen) atoms. The topological polar surface area (TPSA) is 104 Å². The van der Waals surface area contributed by atoms with Crippen LogP contribution in [-0.4, -0.2) is 44.1 Å². The molecule has 2 N–H and O–H groups in total. The molecule has 1 saturated heterocycles. The van der Waals surface area contributed by atoms with Crippen LogP contribution in [0.5, 0.6) is 0 Å². The van der Waals surface area contributed by atoms with Crippen molar-refractivity contribution in [3.63, 3.8) is 0 Å². The third-order valence-corrected chi connectivity index (χ3v) is 5.00. The van der Waals surface area contributed by atoms with E-state index in [1.165, 1.54) is 0 Å². The largest absolute Gasteiger partial charge is 0.344 e. The second-order valence-electron chi connectivity index (χ2n) is 6.24. The lowest BCUT2D eigenvalue weighted by Gasteiger charge is -2.21. The van der Waals surface area contributed by atoms with Crippen molar-refractivity contribution >= 4 is 29.6 Å². The molecule has 2 aromatic rings. The van der Waals surface area contributed by atoms with Crippen molar-refractivity contribution < 1.29 is 14.4 Å². The molecule has 1 fully saturated rings. The van der Waals surface area contributed by atoms with Crippen LogP contribution in [0, 0.1) is 0 Å². The van der Waals surface area contributed by atoms with E-state index in [1.807, 2.05) is 30.3 Å². The highest BCUT2D eigenvalue weighted by molar-refractivity contribution is 7.99. The van der Waals surface area contributed by atoms with Gasteiger partial charge in [0.15, 0.2) is 5.16 Å². The molecule has 0 spiro atoms. The van der Waals surface area contributed by atoms with Crippen LogP contribution >= 0.6 is 11.8 Å². The van der Waals surface area contributed by atoms with Crippen molar-refractivity contribution in [3.8, 4) is 0 Å². The number of benzene rings is 1. The van der Waals surface area contributed by atoms with Gasteiger partial charge in [0.05, 0.1) is 5.75 Å². The minimum atomic E-state index is -1.06. The van der Waals surface area contributed by atoms with E-state index in [4.69, 9.17) is 0 Å². The summed E-state index contributed by atoms with van der Waals surface area (Å²) < 4.78 is 0. The van der Waals surface area contributed by atoms with Gasteiger partial charge in [-0.3, -0.25) is 15.0 Å². The van der Waals surface area contributed by atoms with Crippen molar-refractivity contribution in [2.45, 2.75) is 30.5 Å². The summed E-state index contributed by atoms with van der Waals surface area (Å²) in [4.78, 5) is 44.9. The number of rotatable bonds is 7. The minimum absolute atomic E-state index is 0.0121. The standard InChI is InChI=1S/C18H19N5O3S/c1-18(9-8-13-6-3-2-4-7-13)15(25)23(17(26)21-18)22-14(24)12-27-16-19-10-5-11-20-16/h2-7,10-11H,8-9,12H2,1H3,(H,21,26)(H,22,24)/t18-/m0/s1. The molecule has 4 amide bonds. The molecule has 9 heteroatoms. The normalized spacial score (nSPS) is 19.1. The first kappa shape index (κ1) is 18.8. The monoisotopic (exact) mass is 385 g/mol. The summed E-state index contributed by atoms with van der Waals surface area (Å²) in [6.45, 7) is 1.66. The van der Waals surface area contributed by atoms with Crippen LogP contribution in [-0.2, 0) is 16.0 Å². The zero-order valence-electron chi connectivity index (χ0n) is 14.7. The summed E-state index contributed by atoms with van der Waals surface area (Å²) >= 11 is 1.12. The molecule has 1 aliphatic rings. The lowest BCUT2D eigenvalue weighted by molar-refractivity contribution is -0.138. The molecule has 0 aliphatic carbocycles. The van der Waals surface area contributed by atoms with Gasteiger partial charge >= 0.3 is 6.03 Å². The molecule has 0 saturated carbocycles. The third-order valence-electron chi connectivity index (χ3n) is 4.13. The molecular formula is C18H19N5O3S. The summed E-state index contributed by atoms with van der Waals surface area (Å²) in [5.74, 6) is -0.970. The van der Waals surface area contributed by atoms with Crippen LogP contribution in [0.2, 0.25) is 0 Å². The van der Waals surface area contributed by atoms with E-state index < -0.39 is 23.4 Å². The molecule has 1 atom stereocenters. The smallest absolute Gasteiger partial charge is 0.322 e. The fourth-order valence-electron chi connectivity index (χ4n) is 2.64. The average molecular weight is 385 g/mol. The highest BCUT2D eigenvalue weighted by Crippen LogP contribution is 2.22. The van der Waals surface area contributed by atoms with Gasteiger partial charge in [0.2, 0.25) is 5.91 Å². The van der Waals surface area contributed by atoms with Crippen LogP contribution in [0.15, 0.2) is 53.9 Å². The molecule has 1 aromatic carbocycles.